The lowest BCUT2D eigenvalue weighted by molar-refractivity contribution is 0.103. The van der Waals surface area contributed by atoms with Gasteiger partial charge in [-0.15, -0.1) is 11.3 Å². The zero-order chi connectivity index (χ0) is 21.5. The molecule has 0 amide bonds. The normalized spacial score (nSPS) is 10.5. The molecule has 0 spiro atoms. The van der Waals surface area contributed by atoms with E-state index >= 15 is 0 Å². The van der Waals surface area contributed by atoms with Crippen molar-refractivity contribution in [3.05, 3.63) is 47.1 Å². The van der Waals surface area contributed by atoms with Gasteiger partial charge < -0.3 is 24.6 Å². The lowest BCUT2D eigenvalue weighted by Crippen LogP contribution is -2.12. The maximum Gasteiger partial charge on any atom is 0.203 e. The van der Waals surface area contributed by atoms with Crippen molar-refractivity contribution in [3.63, 3.8) is 0 Å². The molecule has 1 aromatic carbocycles. The van der Waals surface area contributed by atoms with E-state index in [2.05, 4.69) is 15.3 Å². The van der Waals surface area contributed by atoms with Crippen LogP contribution < -0.4 is 19.5 Å². The number of carbonyl (C=O) groups is 1. The molecule has 0 fully saturated rings. The number of rotatable bonds is 10. The Morgan fingerprint density at radius 3 is 2.40 bits per heavy atom. The zero-order valence-electron chi connectivity index (χ0n) is 17.0. The lowest BCUT2D eigenvalue weighted by atomic mass is 10.0. The Morgan fingerprint density at radius 1 is 1.10 bits per heavy atom. The summed E-state index contributed by atoms with van der Waals surface area (Å²) in [5, 5.41) is 14.8. The maximum atomic E-state index is 13.5. The van der Waals surface area contributed by atoms with Gasteiger partial charge >= 0.3 is 0 Å². The fraction of sp³-hybridized carbons (Fsp3) is 0.286. The Bertz CT molecular complexity index is 983. The molecule has 158 valence electrons. The fourth-order valence-electron chi connectivity index (χ4n) is 2.92. The number of aliphatic hydroxyl groups is 1. The molecule has 3 aromatic rings. The van der Waals surface area contributed by atoms with Gasteiger partial charge in [-0.3, -0.25) is 4.79 Å². The van der Waals surface area contributed by atoms with E-state index in [0.29, 0.717) is 47.2 Å². The summed E-state index contributed by atoms with van der Waals surface area (Å²) in [6.07, 6.45) is 3.91. The van der Waals surface area contributed by atoms with E-state index in [0.717, 1.165) is 10.6 Å². The van der Waals surface area contributed by atoms with Gasteiger partial charge in [-0.2, -0.15) is 0 Å². The third kappa shape index (κ3) is 4.52. The molecule has 9 heteroatoms. The minimum Gasteiger partial charge on any atom is -0.493 e. The molecular formula is C21H23N3O5S. The number of hydrogen-bond donors (Lipinski definition) is 2. The number of anilines is 1. The van der Waals surface area contributed by atoms with Crippen molar-refractivity contribution < 1.29 is 24.1 Å². The van der Waals surface area contributed by atoms with Crippen molar-refractivity contribution in [1.82, 2.24) is 9.97 Å². The van der Waals surface area contributed by atoms with E-state index in [4.69, 9.17) is 19.3 Å². The fourth-order valence-corrected chi connectivity index (χ4v) is 3.54. The lowest BCUT2D eigenvalue weighted by Gasteiger charge is -2.15. The average molecular weight is 429 g/mol. The van der Waals surface area contributed by atoms with Crippen LogP contribution in [0.2, 0.25) is 0 Å². The van der Waals surface area contributed by atoms with Crippen LogP contribution in [0.4, 0.5) is 5.82 Å². The number of benzene rings is 1. The molecule has 0 saturated carbocycles. The highest BCUT2D eigenvalue weighted by Gasteiger charge is 2.21. The smallest absolute Gasteiger partial charge is 0.203 e. The second-order valence-electron chi connectivity index (χ2n) is 6.20. The minimum atomic E-state index is -0.258. The molecule has 0 radical (unpaired) electrons. The molecule has 30 heavy (non-hydrogen) atoms. The number of ketones is 1. The van der Waals surface area contributed by atoms with Crippen LogP contribution in [0.5, 0.6) is 17.2 Å². The summed E-state index contributed by atoms with van der Waals surface area (Å²) < 4.78 is 16.1. The molecule has 2 N–H and O–H groups in total. The van der Waals surface area contributed by atoms with Crippen molar-refractivity contribution in [2.45, 2.75) is 6.42 Å². The molecular weight excluding hydrogens is 406 g/mol. The molecule has 0 aliphatic heterocycles. The Balaban J connectivity index is 2.07. The number of pyridine rings is 1. The molecule has 0 bridgehead atoms. The van der Waals surface area contributed by atoms with Crippen molar-refractivity contribution in [2.75, 3.05) is 39.8 Å². The number of aromatic nitrogens is 2. The summed E-state index contributed by atoms with van der Waals surface area (Å²) in [5.41, 5.74) is 1.50. The number of aliphatic hydroxyl groups excluding tert-OH is 1. The third-order valence-corrected chi connectivity index (χ3v) is 5.19. The molecule has 0 atom stereocenters. The Hall–Kier alpha value is -3.17. The van der Waals surface area contributed by atoms with Crippen LogP contribution >= 0.6 is 11.3 Å². The van der Waals surface area contributed by atoms with E-state index in [-0.39, 0.29) is 12.4 Å². The third-order valence-electron chi connectivity index (χ3n) is 4.37. The van der Waals surface area contributed by atoms with E-state index < -0.39 is 0 Å². The Morgan fingerprint density at radius 2 is 1.83 bits per heavy atom. The minimum absolute atomic E-state index is 0.0420. The second-order valence-corrected chi connectivity index (χ2v) is 7.10. The number of nitrogens with zero attached hydrogens (tertiary/aromatic N) is 2. The van der Waals surface area contributed by atoms with Crippen LogP contribution in [-0.2, 0) is 0 Å². The monoisotopic (exact) mass is 429 g/mol. The van der Waals surface area contributed by atoms with Crippen molar-refractivity contribution in [2.24, 2.45) is 0 Å². The summed E-state index contributed by atoms with van der Waals surface area (Å²) in [6.45, 7) is 0.524. The molecule has 2 aromatic heterocycles. The Labute approximate surface area is 178 Å². The SMILES string of the molecule is COc1cc(C(=O)c2cc(-c3nccs3)cnc2NCCCO)cc(OC)c1OC. The average Bonchev–Trinajstić information content (AvgIpc) is 3.32. The number of methoxy groups -OCH3 is 3. The van der Waals surface area contributed by atoms with Crippen LogP contribution in [0, 0.1) is 0 Å². The number of thiazole rings is 1. The molecule has 0 unspecified atom stereocenters. The maximum absolute atomic E-state index is 13.5. The van der Waals surface area contributed by atoms with Gasteiger partial charge in [0, 0.05) is 42.1 Å². The molecule has 0 aliphatic carbocycles. The topological polar surface area (TPSA) is 103 Å². The summed E-state index contributed by atoms with van der Waals surface area (Å²) in [4.78, 5) is 22.2. The van der Waals surface area contributed by atoms with Gasteiger partial charge in [-0.25, -0.2) is 9.97 Å². The predicted octanol–water partition coefficient (Wildman–Crippen LogP) is 3.26. The number of nitrogens with one attached hydrogen (secondary N) is 1. The number of ether oxygens (including phenoxy) is 3. The second kappa shape index (κ2) is 10.0. The zero-order valence-corrected chi connectivity index (χ0v) is 17.8. The first-order valence-corrected chi connectivity index (χ1v) is 10.1. The molecule has 3 rings (SSSR count). The summed E-state index contributed by atoms with van der Waals surface area (Å²) in [5.74, 6) is 1.36. The highest BCUT2D eigenvalue weighted by molar-refractivity contribution is 7.13. The van der Waals surface area contributed by atoms with Crippen molar-refractivity contribution in [1.29, 1.82) is 0 Å². The van der Waals surface area contributed by atoms with E-state index in [9.17, 15) is 4.79 Å². The van der Waals surface area contributed by atoms with Crippen LogP contribution in [0.3, 0.4) is 0 Å². The van der Waals surface area contributed by atoms with Gasteiger partial charge in [0.15, 0.2) is 17.3 Å². The Kier molecular flexibility index (Phi) is 7.21. The molecule has 8 nitrogen and oxygen atoms in total. The van der Waals surface area contributed by atoms with Crippen LogP contribution in [0.1, 0.15) is 22.3 Å². The van der Waals surface area contributed by atoms with E-state index in [1.807, 2.05) is 5.38 Å². The van der Waals surface area contributed by atoms with Gasteiger partial charge in [-0.1, -0.05) is 0 Å². The quantitative estimate of drug-likeness (QED) is 0.374. The summed E-state index contributed by atoms with van der Waals surface area (Å²) in [6, 6.07) is 4.98. The highest BCUT2D eigenvalue weighted by atomic mass is 32.1. The highest BCUT2D eigenvalue weighted by Crippen LogP contribution is 2.39. The predicted molar refractivity (Wildman–Crippen MR) is 115 cm³/mol. The first kappa shape index (κ1) is 21.5. The number of hydrogen-bond acceptors (Lipinski definition) is 9. The van der Waals surface area contributed by atoms with Crippen LogP contribution in [-0.4, -0.2) is 55.3 Å². The molecule has 2 heterocycles. The van der Waals surface area contributed by atoms with Gasteiger partial charge in [0.05, 0.1) is 26.9 Å². The standard InChI is InChI=1S/C21H23N3O5S/c1-27-16-10-13(11-17(28-2)19(16)29-3)18(26)15-9-14(21-23-6-8-30-21)12-24-20(15)22-5-4-7-25/h6,8-12,25H,4-5,7H2,1-3H3,(H,22,24). The van der Waals surface area contributed by atoms with E-state index in [1.165, 1.54) is 32.7 Å². The molecule has 0 saturated heterocycles. The number of carbonyl (C=O) groups excluding carboxylic acids is 1. The molecule has 0 aliphatic rings. The van der Waals surface area contributed by atoms with Gasteiger partial charge in [-0.05, 0) is 24.6 Å². The van der Waals surface area contributed by atoms with Crippen molar-refractivity contribution >= 4 is 22.9 Å². The van der Waals surface area contributed by atoms with E-state index in [1.54, 1.807) is 30.6 Å². The largest absolute Gasteiger partial charge is 0.493 e. The van der Waals surface area contributed by atoms with Crippen LogP contribution in [0.15, 0.2) is 36.0 Å². The first-order chi connectivity index (χ1) is 14.6. The summed E-state index contributed by atoms with van der Waals surface area (Å²) in [7, 11) is 4.50. The van der Waals surface area contributed by atoms with Gasteiger partial charge in [0.25, 0.3) is 0 Å². The van der Waals surface area contributed by atoms with Gasteiger partial charge in [0.2, 0.25) is 5.75 Å². The van der Waals surface area contributed by atoms with Gasteiger partial charge in [0.1, 0.15) is 10.8 Å². The summed E-state index contributed by atoms with van der Waals surface area (Å²) >= 11 is 1.46. The van der Waals surface area contributed by atoms with Crippen LogP contribution in [0.25, 0.3) is 10.6 Å². The first-order valence-electron chi connectivity index (χ1n) is 9.22. The van der Waals surface area contributed by atoms with Crippen molar-refractivity contribution in [3.8, 4) is 27.8 Å².